The van der Waals surface area contributed by atoms with Crippen LogP contribution >= 0.6 is 0 Å². The van der Waals surface area contributed by atoms with Gasteiger partial charge in [0.1, 0.15) is 5.82 Å². The molecule has 0 bridgehead atoms. The number of rotatable bonds is 6. The number of nitrogens with one attached hydrogen (secondary N) is 1. The molecule has 1 atom stereocenters. The second kappa shape index (κ2) is 10.8. The Morgan fingerprint density at radius 3 is 2.34 bits per heavy atom. The maximum absolute atomic E-state index is 12.4. The quantitative estimate of drug-likeness (QED) is 0.654. The van der Waals surface area contributed by atoms with Crippen molar-refractivity contribution in [1.29, 1.82) is 0 Å². The van der Waals surface area contributed by atoms with Crippen LogP contribution < -0.4 is 20.9 Å². The molecule has 0 unspecified atom stereocenters. The molecule has 0 spiro atoms. The summed E-state index contributed by atoms with van der Waals surface area (Å²) in [6.45, 7) is 3.61. The van der Waals surface area contributed by atoms with E-state index in [1.165, 1.54) is 24.9 Å². The standard InChI is InChI=1S/C25H36N8O2/c1-30(2)25(35)31(3)20-8-7-15-33(17-20)21-16-27-22(23(26)34)24(29-21)28-18-9-11-19(12-10-18)32-13-5-4-6-14-32/h9-12,16,20H,4-8,13-15,17H2,1-3H3,(H2,26,34)(H,28,29)/t20-/m1/s1. The summed E-state index contributed by atoms with van der Waals surface area (Å²) in [5.74, 6) is 0.350. The predicted molar refractivity (Wildman–Crippen MR) is 138 cm³/mol. The van der Waals surface area contributed by atoms with Crippen molar-refractivity contribution in [2.45, 2.75) is 38.1 Å². The number of likely N-dealkylation sites (N-methyl/N-ethyl adjacent to an activating group) is 1. The van der Waals surface area contributed by atoms with Gasteiger partial charge in [-0.15, -0.1) is 0 Å². The highest BCUT2D eigenvalue weighted by molar-refractivity contribution is 5.96. The third kappa shape index (κ3) is 5.75. The van der Waals surface area contributed by atoms with Crippen molar-refractivity contribution < 1.29 is 9.59 Å². The number of amides is 3. The molecule has 2 fully saturated rings. The lowest BCUT2D eigenvalue weighted by molar-refractivity contribution is 0.0996. The molecular weight excluding hydrogens is 444 g/mol. The van der Waals surface area contributed by atoms with E-state index in [0.717, 1.165) is 38.2 Å². The van der Waals surface area contributed by atoms with Gasteiger partial charge < -0.3 is 30.7 Å². The fourth-order valence-corrected chi connectivity index (χ4v) is 4.79. The lowest BCUT2D eigenvalue weighted by Crippen LogP contribution is -2.51. The number of aromatic nitrogens is 2. The van der Waals surface area contributed by atoms with Gasteiger partial charge in [-0.3, -0.25) is 4.79 Å². The zero-order chi connectivity index (χ0) is 24.9. The summed E-state index contributed by atoms with van der Waals surface area (Å²) < 4.78 is 0. The van der Waals surface area contributed by atoms with Crippen LogP contribution in [-0.2, 0) is 0 Å². The van der Waals surface area contributed by atoms with Crippen LogP contribution in [-0.4, -0.2) is 85.1 Å². The third-order valence-electron chi connectivity index (χ3n) is 6.80. The number of benzene rings is 1. The summed E-state index contributed by atoms with van der Waals surface area (Å²) in [6, 6.07) is 8.19. The van der Waals surface area contributed by atoms with E-state index in [2.05, 4.69) is 32.2 Å². The number of piperidine rings is 2. The number of hydrogen-bond donors (Lipinski definition) is 2. The predicted octanol–water partition coefficient (Wildman–Crippen LogP) is 2.89. The number of primary amides is 1. The normalized spacial score (nSPS) is 18.2. The zero-order valence-corrected chi connectivity index (χ0v) is 20.9. The number of urea groups is 1. The van der Waals surface area contributed by atoms with E-state index in [1.54, 1.807) is 30.1 Å². The van der Waals surface area contributed by atoms with Crippen LogP contribution in [0.15, 0.2) is 30.5 Å². The fourth-order valence-electron chi connectivity index (χ4n) is 4.79. The van der Waals surface area contributed by atoms with Gasteiger partial charge in [0, 0.05) is 58.7 Å². The van der Waals surface area contributed by atoms with Crippen LogP contribution in [0.5, 0.6) is 0 Å². The van der Waals surface area contributed by atoms with Crippen molar-refractivity contribution in [3.63, 3.8) is 0 Å². The van der Waals surface area contributed by atoms with E-state index < -0.39 is 5.91 Å². The van der Waals surface area contributed by atoms with Gasteiger partial charge in [0.2, 0.25) is 0 Å². The van der Waals surface area contributed by atoms with Crippen molar-refractivity contribution in [1.82, 2.24) is 19.8 Å². The summed E-state index contributed by atoms with van der Waals surface area (Å²) in [4.78, 5) is 41.4. The molecule has 0 radical (unpaired) electrons. The molecule has 3 amide bonds. The van der Waals surface area contributed by atoms with Crippen molar-refractivity contribution in [2.24, 2.45) is 5.73 Å². The van der Waals surface area contributed by atoms with Gasteiger partial charge in [0.25, 0.3) is 5.91 Å². The summed E-state index contributed by atoms with van der Waals surface area (Å²) in [6.07, 6.45) is 7.17. The molecule has 10 nitrogen and oxygen atoms in total. The second-order valence-electron chi connectivity index (χ2n) is 9.54. The Balaban J connectivity index is 1.51. The SMILES string of the molecule is CN(C)C(=O)N(C)[C@@H]1CCCN(c2cnc(C(N)=O)c(Nc3ccc(N4CCCCC4)cc3)n2)C1. The van der Waals surface area contributed by atoms with E-state index in [0.29, 0.717) is 18.2 Å². The summed E-state index contributed by atoms with van der Waals surface area (Å²) in [7, 11) is 5.34. The van der Waals surface area contributed by atoms with Gasteiger partial charge in [-0.25, -0.2) is 14.8 Å². The van der Waals surface area contributed by atoms with Gasteiger partial charge >= 0.3 is 6.03 Å². The van der Waals surface area contributed by atoms with E-state index in [4.69, 9.17) is 10.7 Å². The number of carbonyl (C=O) groups excluding carboxylic acids is 2. The topological polar surface area (TPSA) is 111 Å². The molecule has 3 N–H and O–H groups in total. The van der Waals surface area contributed by atoms with Crippen molar-refractivity contribution >= 4 is 34.9 Å². The van der Waals surface area contributed by atoms with Gasteiger partial charge in [-0.1, -0.05) is 0 Å². The number of nitrogens with zero attached hydrogens (tertiary/aromatic N) is 6. The fraction of sp³-hybridized carbons (Fsp3) is 0.520. The second-order valence-corrected chi connectivity index (χ2v) is 9.54. The first kappa shape index (κ1) is 24.6. The minimum atomic E-state index is -0.635. The molecule has 4 rings (SSSR count). The lowest BCUT2D eigenvalue weighted by Gasteiger charge is -2.39. The Hall–Kier alpha value is -3.56. The average Bonchev–Trinajstić information content (AvgIpc) is 2.88. The molecule has 0 saturated carbocycles. The van der Waals surface area contributed by atoms with Gasteiger partial charge in [-0.05, 0) is 56.4 Å². The molecule has 2 aliphatic heterocycles. The number of nitrogens with two attached hydrogens (primary N) is 1. The van der Waals surface area contributed by atoms with Gasteiger partial charge in [-0.2, -0.15) is 0 Å². The minimum absolute atomic E-state index is 0.0256. The number of anilines is 4. The molecule has 1 aromatic heterocycles. The zero-order valence-electron chi connectivity index (χ0n) is 20.9. The van der Waals surface area contributed by atoms with E-state index in [-0.39, 0.29) is 17.8 Å². The molecule has 2 aromatic rings. The Bertz CT molecular complexity index is 1040. The highest BCUT2D eigenvalue weighted by Crippen LogP contribution is 2.27. The molecule has 35 heavy (non-hydrogen) atoms. The van der Waals surface area contributed by atoms with E-state index in [1.807, 2.05) is 19.2 Å². The highest BCUT2D eigenvalue weighted by Gasteiger charge is 2.28. The Morgan fingerprint density at radius 2 is 1.69 bits per heavy atom. The van der Waals surface area contributed by atoms with E-state index in [9.17, 15) is 9.59 Å². The van der Waals surface area contributed by atoms with Crippen molar-refractivity contribution in [2.75, 3.05) is 62.4 Å². The first-order valence-corrected chi connectivity index (χ1v) is 12.3. The largest absolute Gasteiger partial charge is 0.372 e. The first-order valence-electron chi connectivity index (χ1n) is 12.3. The summed E-state index contributed by atoms with van der Waals surface area (Å²) in [5.41, 5.74) is 7.70. The number of carbonyl (C=O) groups is 2. The van der Waals surface area contributed by atoms with Crippen molar-refractivity contribution in [3.8, 4) is 0 Å². The average molecular weight is 481 g/mol. The van der Waals surface area contributed by atoms with Crippen LogP contribution in [0.1, 0.15) is 42.6 Å². The van der Waals surface area contributed by atoms with Crippen molar-refractivity contribution in [3.05, 3.63) is 36.2 Å². The Labute approximate surface area is 207 Å². The Morgan fingerprint density at radius 1 is 1.00 bits per heavy atom. The molecule has 2 saturated heterocycles. The summed E-state index contributed by atoms with van der Waals surface area (Å²) >= 11 is 0. The smallest absolute Gasteiger partial charge is 0.319 e. The van der Waals surface area contributed by atoms with Crippen LogP contribution in [0.4, 0.5) is 27.8 Å². The third-order valence-corrected chi connectivity index (χ3v) is 6.80. The van der Waals surface area contributed by atoms with E-state index >= 15 is 0 Å². The van der Waals surface area contributed by atoms with Crippen LogP contribution in [0, 0.1) is 0 Å². The summed E-state index contributed by atoms with van der Waals surface area (Å²) in [5, 5.41) is 3.24. The minimum Gasteiger partial charge on any atom is -0.372 e. The maximum Gasteiger partial charge on any atom is 0.319 e. The van der Waals surface area contributed by atoms with Crippen LogP contribution in [0.2, 0.25) is 0 Å². The van der Waals surface area contributed by atoms with Gasteiger partial charge in [0.15, 0.2) is 11.5 Å². The number of hydrogen-bond acceptors (Lipinski definition) is 7. The molecule has 3 heterocycles. The molecule has 1 aromatic carbocycles. The molecular formula is C25H36N8O2. The maximum atomic E-state index is 12.4. The highest BCUT2D eigenvalue weighted by atomic mass is 16.2. The molecule has 0 aliphatic carbocycles. The Kier molecular flexibility index (Phi) is 7.57. The molecule has 188 valence electrons. The monoisotopic (exact) mass is 480 g/mol. The van der Waals surface area contributed by atoms with Crippen LogP contribution in [0.3, 0.4) is 0 Å². The van der Waals surface area contributed by atoms with Crippen LogP contribution in [0.25, 0.3) is 0 Å². The molecule has 2 aliphatic rings. The van der Waals surface area contributed by atoms with Gasteiger partial charge in [0.05, 0.1) is 12.2 Å². The first-order chi connectivity index (χ1) is 16.8. The lowest BCUT2D eigenvalue weighted by atomic mass is 10.0. The molecule has 10 heteroatoms.